The number of fused-ring (bicyclic) bond motifs is 1. The Kier molecular flexibility index (Phi) is 3.04. The molecule has 5 nitrogen and oxygen atoms in total. The molecule has 100 valence electrons. The molecule has 0 spiro atoms. The molecule has 0 radical (unpaired) electrons. The van der Waals surface area contributed by atoms with Gasteiger partial charge >= 0.3 is 119 Å². The third kappa shape index (κ3) is 2.09. The van der Waals surface area contributed by atoms with Crippen LogP contribution in [0.5, 0.6) is 0 Å². The maximum absolute atomic E-state index is 11.7. The Morgan fingerprint density at radius 2 is 1.75 bits per heavy atom. The van der Waals surface area contributed by atoms with Crippen molar-refractivity contribution in [3.63, 3.8) is 0 Å². The average molecular weight is 333 g/mol. The topological polar surface area (TPSA) is 65.1 Å². The van der Waals surface area contributed by atoms with Gasteiger partial charge in [0, 0.05) is 0 Å². The Bertz CT molecular complexity index is 862. The van der Waals surface area contributed by atoms with Crippen molar-refractivity contribution >= 4 is 30.0 Å². The van der Waals surface area contributed by atoms with Crippen LogP contribution in [0.4, 0.5) is 5.69 Å². The van der Waals surface area contributed by atoms with E-state index in [1.807, 2.05) is 18.2 Å². The molecule has 0 saturated heterocycles. The summed E-state index contributed by atoms with van der Waals surface area (Å²) in [6.07, 6.45) is 0. The summed E-state index contributed by atoms with van der Waals surface area (Å²) in [6, 6.07) is 12.3. The van der Waals surface area contributed by atoms with Gasteiger partial charge in [0.25, 0.3) is 0 Å². The van der Waals surface area contributed by atoms with Crippen molar-refractivity contribution in [2.45, 2.75) is 0 Å². The Labute approximate surface area is 120 Å². The summed E-state index contributed by atoms with van der Waals surface area (Å²) >= 11 is -0.180. The molecule has 6 heteroatoms. The predicted octanol–water partition coefficient (Wildman–Crippen LogP) is 2.17. The fourth-order valence-electron chi connectivity index (χ4n) is 2.09. The molecular formula is C14H10N2O3Se. The normalized spacial score (nSPS) is 10.8. The van der Waals surface area contributed by atoms with Crippen molar-refractivity contribution in [2.24, 2.45) is 7.05 Å². The van der Waals surface area contributed by atoms with Crippen LogP contribution < -0.4 is 4.43 Å². The zero-order chi connectivity index (χ0) is 14.3. The van der Waals surface area contributed by atoms with E-state index in [0.29, 0.717) is 0 Å². The molecule has 0 aliphatic carbocycles. The number of non-ortho nitro benzene ring substituents is 1. The monoisotopic (exact) mass is 334 g/mol. The van der Waals surface area contributed by atoms with Crippen LogP contribution in [0.1, 0.15) is 0 Å². The number of aromatic nitrogens is 1. The van der Waals surface area contributed by atoms with Crippen LogP contribution in [0.25, 0.3) is 20.9 Å². The van der Waals surface area contributed by atoms with E-state index >= 15 is 0 Å². The number of benzene rings is 2. The molecule has 3 rings (SSSR count). The van der Waals surface area contributed by atoms with Crippen molar-refractivity contribution in [1.82, 2.24) is 4.57 Å². The molecule has 20 heavy (non-hydrogen) atoms. The summed E-state index contributed by atoms with van der Waals surface area (Å²) in [4.78, 5) is 21.9. The number of nitro benzene ring substituents is 1. The fourth-order valence-corrected chi connectivity index (χ4v) is 4.02. The van der Waals surface area contributed by atoms with E-state index in [0.717, 1.165) is 20.9 Å². The van der Waals surface area contributed by atoms with E-state index in [-0.39, 0.29) is 24.6 Å². The molecule has 1 aromatic heterocycles. The third-order valence-electron chi connectivity index (χ3n) is 3.20. The summed E-state index contributed by atoms with van der Waals surface area (Å²) in [5, 5.41) is 10.6. The van der Waals surface area contributed by atoms with Gasteiger partial charge in [-0.25, -0.2) is 0 Å². The molecular weight excluding hydrogens is 323 g/mol. The van der Waals surface area contributed by atoms with Crippen LogP contribution in [0, 0.1) is 10.1 Å². The second-order valence-electron chi connectivity index (χ2n) is 4.41. The van der Waals surface area contributed by atoms with Gasteiger partial charge in [-0.2, -0.15) is 0 Å². The molecule has 3 aromatic rings. The van der Waals surface area contributed by atoms with Gasteiger partial charge in [-0.1, -0.05) is 0 Å². The van der Waals surface area contributed by atoms with Crippen molar-refractivity contribution in [2.75, 3.05) is 0 Å². The molecule has 0 saturated carbocycles. The first kappa shape index (κ1) is 12.8. The number of nitro groups is 1. The zero-order valence-corrected chi connectivity index (χ0v) is 12.3. The summed E-state index contributed by atoms with van der Waals surface area (Å²) in [6.45, 7) is 0. The van der Waals surface area contributed by atoms with E-state index in [9.17, 15) is 14.9 Å². The van der Waals surface area contributed by atoms with Crippen LogP contribution in [0.15, 0.2) is 47.3 Å². The summed E-state index contributed by atoms with van der Waals surface area (Å²) < 4.78 is 2.88. The summed E-state index contributed by atoms with van der Waals surface area (Å²) in [7, 11) is 1.78. The first-order valence-corrected chi connectivity index (χ1v) is 7.62. The number of aryl methyl sites for hydroxylation is 1. The van der Waals surface area contributed by atoms with Crippen LogP contribution in [-0.2, 0) is 7.05 Å². The predicted molar refractivity (Wildman–Crippen MR) is 78.2 cm³/mol. The van der Waals surface area contributed by atoms with Gasteiger partial charge in [0.15, 0.2) is 0 Å². The van der Waals surface area contributed by atoms with E-state index in [2.05, 4.69) is 0 Å². The second kappa shape index (κ2) is 4.74. The Morgan fingerprint density at radius 3 is 2.40 bits per heavy atom. The van der Waals surface area contributed by atoms with Crippen molar-refractivity contribution in [1.29, 1.82) is 0 Å². The summed E-state index contributed by atoms with van der Waals surface area (Å²) in [5.74, 6) is 0. The van der Waals surface area contributed by atoms with E-state index in [1.54, 1.807) is 23.7 Å². The van der Waals surface area contributed by atoms with E-state index in [4.69, 9.17) is 0 Å². The molecule has 0 fully saturated rings. The molecule has 1 heterocycles. The fraction of sp³-hybridized carbons (Fsp3) is 0.0714. The molecule has 0 bridgehead atoms. The van der Waals surface area contributed by atoms with E-state index < -0.39 is 4.92 Å². The van der Waals surface area contributed by atoms with Gasteiger partial charge in [-0.05, 0) is 0 Å². The standard InChI is InChI=1S/C14H10N2O3Se/c1-15-12-7-4-10(8-13(12)20-14(15)17)9-2-5-11(6-3-9)16(18)19/h2-8H,1H3. The third-order valence-corrected chi connectivity index (χ3v) is 5.29. The number of nitrogens with zero attached hydrogens (tertiary/aromatic N) is 2. The van der Waals surface area contributed by atoms with E-state index in [1.165, 1.54) is 12.1 Å². The molecule has 2 aromatic carbocycles. The first-order chi connectivity index (χ1) is 9.56. The average Bonchev–Trinajstić information content (AvgIpc) is 2.74. The minimum absolute atomic E-state index is 0.0778. The maximum atomic E-state index is 11.7. The van der Waals surface area contributed by atoms with Gasteiger partial charge in [-0.3, -0.25) is 0 Å². The number of rotatable bonds is 2. The first-order valence-electron chi connectivity index (χ1n) is 5.90. The number of hydrogen-bond donors (Lipinski definition) is 0. The summed E-state index contributed by atoms with van der Waals surface area (Å²) in [5.41, 5.74) is 2.93. The van der Waals surface area contributed by atoms with Crippen LogP contribution in [-0.4, -0.2) is 24.0 Å². The molecule has 0 aliphatic rings. The van der Waals surface area contributed by atoms with Gasteiger partial charge in [-0.15, -0.1) is 0 Å². The second-order valence-corrected chi connectivity index (χ2v) is 6.50. The van der Waals surface area contributed by atoms with Gasteiger partial charge in [0.2, 0.25) is 0 Å². The van der Waals surface area contributed by atoms with Crippen LogP contribution in [0.3, 0.4) is 0 Å². The SMILES string of the molecule is Cn1c(=O)[se]c2cc(-c3ccc([N+](=O)[O-])cc3)ccc21. The minimum atomic E-state index is -0.413. The Hall–Kier alpha value is -2.17. The van der Waals surface area contributed by atoms with Gasteiger partial charge < -0.3 is 0 Å². The van der Waals surface area contributed by atoms with Gasteiger partial charge in [0.1, 0.15) is 0 Å². The zero-order valence-electron chi connectivity index (χ0n) is 10.6. The van der Waals surface area contributed by atoms with Crippen molar-refractivity contribution in [3.05, 3.63) is 61.8 Å². The molecule has 0 unspecified atom stereocenters. The van der Waals surface area contributed by atoms with Crippen LogP contribution >= 0.6 is 0 Å². The van der Waals surface area contributed by atoms with Gasteiger partial charge in [0.05, 0.1) is 0 Å². The molecule has 0 N–H and O–H groups in total. The number of hydrogen-bond acceptors (Lipinski definition) is 3. The van der Waals surface area contributed by atoms with Crippen LogP contribution in [0.2, 0.25) is 0 Å². The van der Waals surface area contributed by atoms with Crippen molar-refractivity contribution in [3.8, 4) is 11.1 Å². The molecule has 0 amide bonds. The Morgan fingerprint density at radius 1 is 1.10 bits per heavy atom. The molecule has 0 aliphatic heterocycles. The Balaban J connectivity index is 2.10. The van der Waals surface area contributed by atoms with Crippen molar-refractivity contribution < 1.29 is 4.92 Å². The quantitative estimate of drug-likeness (QED) is 0.410. The molecule has 0 atom stereocenters.